The third-order valence-corrected chi connectivity index (χ3v) is 5.98. The summed E-state index contributed by atoms with van der Waals surface area (Å²) in [6.07, 6.45) is 6.37. The Morgan fingerprint density at radius 2 is 2.17 bits per heavy atom. The molecule has 0 aromatic carbocycles. The highest BCUT2D eigenvalue weighted by molar-refractivity contribution is 7.07. The van der Waals surface area contributed by atoms with Gasteiger partial charge < -0.3 is 16.0 Å². The maximum atomic E-state index is 13.1. The molecule has 2 aromatic heterocycles. The first-order valence-electron chi connectivity index (χ1n) is 8.29. The predicted molar refractivity (Wildman–Crippen MR) is 93.6 cm³/mol. The maximum absolute atomic E-state index is 13.1. The zero-order chi connectivity index (χ0) is 16.6. The molecule has 2 fully saturated rings. The van der Waals surface area contributed by atoms with Crippen molar-refractivity contribution in [1.82, 2.24) is 20.2 Å². The average Bonchev–Trinajstić information content (AvgIpc) is 3.04. The number of aromatic nitrogens is 2. The molecule has 1 amide bonds. The van der Waals surface area contributed by atoms with Crippen LogP contribution in [0.5, 0.6) is 0 Å². The van der Waals surface area contributed by atoms with E-state index in [1.54, 1.807) is 11.3 Å². The van der Waals surface area contributed by atoms with Gasteiger partial charge in [-0.2, -0.15) is 11.3 Å². The Balaban J connectivity index is 1.61. The Morgan fingerprint density at radius 3 is 2.88 bits per heavy atom. The number of nitrogens with two attached hydrogens (primary N) is 1. The van der Waals surface area contributed by atoms with E-state index in [9.17, 15) is 4.79 Å². The molecule has 3 heterocycles. The summed E-state index contributed by atoms with van der Waals surface area (Å²) in [5.74, 6) is 0.102. The summed E-state index contributed by atoms with van der Waals surface area (Å²) in [4.78, 5) is 23.3. The van der Waals surface area contributed by atoms with Crippen LogP contribution >= 0.6 is 11.3 Å². The van der Waals surface area contributed by atoms with E-state index in [1.165, 1.54) is 12.4 Å². The van der Waals surface area contributed by atoms with Crippen molar-refractivity contribution in [2.75, 3.05) is 18.8 Å². The number of amides is 1. The van der Waals surface area contributed by atoms with Crippen molar-refractivity contribution in [1.29, 1.82) is 0 Å². The second-order valence-corrected chi connectivity index (χ2v) is 7.47. The van der Waals surface area contributed by atoms with Crippen molar-refractivity contribution < 1.29 is 4.79 Å². The number of nitrogen functional groups attached to an aromatic ring is 1. The highest BCUT2D eigenvalue weighted by Crippen LogP contribution is 2.56. The summed E-state index contributed by atoms with van der Waals surface area (Å²) in [6, 6.07) is 2.34. The highest BCUT2D eigenvalue weighted by Gasteiger charge is 2.58. The van der Waals surface area contributed by atoms with Gasteiger partial charge in [0.05, 0.1) is 0 Å². The Hall–Kier alpha value is -1.99. The summed E-state index contributed by atoms with van der Waals surface area (Å²) >= 11 is 1.65. The lowest BCUT2D eigenvalue weighted by molar-refractivity contribution is 0.0687. The van der Waals surface area contributed by atoms with Crippen LogP contribution in [0.4, 0.5) is 5.82 Å². The van der Waals surface area contributed by atoms with Gasteiger partial charge in [-0.25, -0.2) is 9.97 Å². The Bertz CT molecular complexity index is 726. The molecule has 126 valence electrons. The van der Waals surface area contributed by atoms with Crippen LogP contribution < -0.4 is 11.1 Å². The number of carbonyl (C=O) groups is 1. The summed E-state index contributed by atoms with van der Waals surface area (Å²) < 4.78 is 0. The van der Waals surface area contributed by atoms with Gasteiger partial charge in [0, 0.05) is 25.0 Å². The van der Waals surface area contributed by atoms with Crippen LogP contribution in [0.1, 0.15) is 35.3 Å². The van der Waals surface area contributed by atoms with Crippen LogP contribution in [0, 0.1) is 5.41 Å². The largest absolute Gasteiger partial charge is 0.382 e. The normalized spacial score (nSPS) is 21.6. The zero-order valence-electron chi connectivity index (χ0n) is 13.4. The molecule has 6 nitrogen and oxygen atoms in total. The van der Waals surface area contributed by atoms with E-state index in [0.29, 0.717) is 6.54 Å². The van der Waals surface area contributed by atoms with Crippen LogP contribution in [0.3, 0.4) is 0 Å². The third kappa shape index (κ3) is 2.78. The van der Waals surface area contributed by atoms with Gasteiger partial charge in [0.25, 0.3) is 5.91 Å². The summed E-state index contributed by atoms with van der Waals surface area (Å²) in [6.45, 7) is 2.67. The number of hydrogen-bond acceptors (Lipinski definition) is 6. The quantitative estimate of drug-likeness (QED) is 0.886. The van der Waals surface area contributed by atoms with Gasteiger partial charge in [0.15, 0.2) is 11.5 Å². The SMILES string of the molecule is Nc1nccnc1C(=O)N(Cc1ccsc1)[C@@H]1CC12CCNCC2. The first kappa shape index (κ1) is 15.5. The topological polar surface area (TPSA) is 84.1 Å². The van der Waals surface area contributed by atoms with Gasteiger partial charge in [-0.15, -0.1) is 0 Å². The summed E-state index contributed by atoms with van der Waals surface area (Å²) in [5.41, 5.74) is 7.59. The molecule has 0 radical (unpaired) electrons. The zero-order valence-corrected chi connectivity index (χ0v) is 14.3. The van der Waals surface area contributed by atoms with Crippen LogP contribution in [-0.4, -0.2) is 39.9 Å². The summed E-state index contributed by atoms with van der Waals surface area (Å²) in [5, 5.41) is 7.55. The number of anilines is 1. The van der Waals surface area contributed by atoms with Crippen molar-refractivity contribution >= 4 is 23.1 Å². The molecule has 1 saturated carbocycles. The fourth-order valence-corrected chi connectivity index (χ4v) is 4.44. The van der Waals surface area contributed by atoms with E-state index in [4.69, 9.17) is 5.73 Å². The minimum atomic E-state index is -0.104. The molecule has 24 heavy (non-hydrogen) atoms. The smallest absolute Gasteiger partial charge is 0.276 e. The standard InChI is InChI=1S/C17H21N5OS/c18-15-14(20-6-7-21-15)16(23)22(10-12-1-8-24-11-12)13-9-17(13)2-4-19-5-3-17/h1,6-8,11,13,19H,2-5,9-10H2,(H2,18,21)/t13-/m1/s1. The monoisotopic (exact) mass is 343 g/mol. The molecule has 1 spiro atoms. The fraction of sp³-hybridized carbons (Fsp3) is 0.471. The van der Waals surface area contributed by atoms with Gasteiger partial charge >= 0.3 is 0 Å². The lowest BCUT2D eigenvalue weighted by Gasteiger charge is -2.29. The molecule has 1 aliphatic carbocycles. The molecule has 7 heteroatoms. The number of nitrogens with one attached hydrogen (secondary N) is 1. The van der Waals surface area contributed by atoms with E-state index in [2.05, 4.69) is 26.7 Å². The molecule has 2 aliphatic rings. The maximum Gasteiger partial charge on any atom is 0.276 e. The number of nitrogens with zero attached hydrogens (tertiary/aromatic N) is 3. The van der Waals surface area contributed by atoms with Gasteiger partial charge in [0.2, 0.25) is 0 Å². The van der Waals surface area contributed by atoms with Crippen molar-refractivity contribution in [2.24, 2.45) is 5.41 Å². The number of rotatable bonds is 4. The van der Waals surface area contributed by atoms with Crippen molar-refractivity contribution in [3.05, 3.63) is 40.5 Å². The van der Waals surface area contributed by atoms with Crippen LogP contribution in [0.2, 0.25) is 0 Å². The lowest BCUT2D eigenvalue weighted by Crippen LogP contribution is -2.39. The lowest BCUT2D eigenvalue weighted by atomic mass is 9.93. The molecule has 3 N–H and O–H groups in total. The molecule has 0 bridgehead atoms. The molecular weight excluding hydrogens is 322 g/mol. The minimum Gasteiger partial charge on any atom is -0.382 e. The molecular formula is C17H21N5OS. The van der Waals surface area contributed by atoms with Gasteiger partial charge in [-0.1, -0.05) is 0 Å². The number of thiophene rings is 1. The molecule has 1 atom stereocenters. The highest BCUT2D eigenvalue weighted by atomic mass is 32.1. The van der Waals surface area contributed by atoms with E-state index < -0.39 is 0 Å². The number of hydrogen-bond donors (Lipinski definition) is 2. The van der Waals surface area contributed by atoms with E-state index >= 15 is 0 Å². The predicted octanol–water partition coefficient (Wildman–Crippen LogP) is 1.90. The molecule has 2 aromatic rings. The van der Waals surface area contributed by atoms with Crippen LogP contribution in [0.15, 0.2) is 29.2 Å². The van der Waals surface area contributed by atoms with Crippen molar-refractivity contribution in [2.45, 2.75) is 31.8 Å². The van der Waals surface area contributed by atoms with Crippen molar-refractivity contribution in [3.63, 3.8) is 0 Å². The Labute approximate surface area is 145 Å². The van der Waals surface area contributed by atoms with Gasteiger partial charge in [-0.05, 0) is 60.2 Å². The van der Waals surface area contributed by atoms with E-state index in [1.807, 2.05) is 10.3 Å². The van der Waals surface area contributed by atoms with Crippen LogP contribution in [0.25, 0.3) is 0 Å². The average molecular weight is 343 g/mol. The van der Waals surface area contributed by atoms with Gasteiger partial charge in [-0.3, -0.25) is 4.79 Å². The third-order valence-electron chi connectivity index (χ3n) is 5.25. The molecule has 0 unspecified atom stereocenters. The Morgan fingerprint density at radius 1 is 1.38 bits per heavy atom. The first-order valence-corrected chi connectivity index (χ1v) is 9.23. The van der Waals surface area contributed by atoms with E-state index in [0.717, 1.165) is 37.9 Å². The second kappa shape index (κ2) is 6.14. The fourth-order valence-electron chi connectivity index (χ4n) is 3.78. The molecule has 4 rings (SSSR count). The van der Waals surface area contributed by atoms with Crippen LogP contribution in [-0.2, 0) is 6.54 Å². The second-order valence-electron chi connectivity index (χ2n) is 6.69. The molecule has 1 aliphatic heterocycles. The number of carbonyl (C=O) groups excluding carboxylic acids is 1. The Kier molecular flexibility index (Phi) is 3.97. The minimum absolute atomic E-state index is 0.104. The molecule has 1 saturated heterocycles. The number of piperidine rings is 1. The first-order chi connectivity index (χ1) is 11.7. The van der Waals surface area contributed by atoms with Gasteiger partial charge in [0.1, 0.15) is 0 Å². The summed E-state index contributed by atoms with van der Waals surface area (Å²) in [7, 11) is 0. The van der Waals surface area contributed by atoms with E-state index in [-0.39, 0.29) is 28.9 Å². The van der Waals surface area contributed by atoms with Crippen molar-refractivity contribution in [3.8, 4) is 0 Å².